The van der Waals surface area contributed by atoms with Crippen LogP contribution in [0.25, 0.3) is 0 Å². The quantitative estimate of drug-likeness (QED) is 0.255. The normalized spacial score (nSPS) is 26.4. The second-order valence-corrected chi connectivity index (χ2v) is 8.19. The van der Waals surface area contributed by atoms with Gasteiger partial charge < -0.3 is 40.7 Å². The summed E-state index contributed by atoms with van der Waals surface area (Å²) in [5.74, 6) is 0.228. The van der Waals surface area contributed by atoms with E-state index in [1.807, 2.05) is 0 Å². The van der Waals surface area contributed by atoms with Crippen LogP contribution < -0.4 is 25.4 Å². The number of anilines is 1. The molecule has 5 atom stereocenters. The Bertz CT molecular complexity index is 849. The number of benzene rings is 1. The lowest BCUT2D eigenvalue weighted by Crippen LogP contribution is -2.61. The van der Waals surface area contributed by atoms with E-state index in [-0.39, 0.29) is 12.3 Å². The number of aliphatic hydroxyl groups is 3. The van der Waals surface area contributed by atoms with Gasteiger partial charge in [-0.25, -0.2) is 22.7 Å². The predicted molar refractivity (Wildman–Crippen MR) is 103 cm³/mol. The lowest BCUT2D eigenvalue weighted by molar-refractivity contribution is -0.270. The first kappa shape index (κ1) is 23.6. The molecule has 1 aliphatic rings. The van der Waals surface area contributed by atoms with E-state index in [9.17, 15) is 33.3 Å². The van der Waals surface area contributed by atoms with E-state index in [4.69, 9.17) is 9.47 Å². The minimum absolute atomic E-state index is 0.228. The third-order valence-corrected chi connectivity index (χ3v) is 4.56. The Morgan fingerprint density at radius 1 is 1.07 bits per heavy atom. The molecule has 0 unspecified atom stereocenters. The highest BCUT2D eigenvalue weighted by Crippen LogP contribution is 2.25. The van der Waals surface area contributed by atoms with Crippen LogP contribution in [0.15, 0.2) is 24.3 Å². The number of rotatable bonds is 6. The van der Waals surface area contributed by atoms with E-state index in [0.717, 1.165) is 6.26 Å². The Morgan fingerprint density at radius 3 is 2.27 bits per heavy atom. The van der Waals surface area contributed by atoms with Gasteiger partial charge in [-0.2, -0.15) is 0 Å². The average Bonchev–Trinajstić information content (AvgIpc) is 2.67. The van der Waals surface area contributed by atoms with Gasteiger partial charge in [0.25, 0.3) is 0 Å². The minimum atomic E-state index is -3.78. The zero-order chi connectivity index (χ0) is 22.5. The summed E-state index contributed by atoms with van der Waals surface area (Å²) in [6.45, 7) is -0.374. The van der Waals surface area contributed by atoms with Crippen molar-refractivity contribution in [2.24, 2.45) is 0 Å². The number of aliphatic hydroxyl groups excluding tert-OH is 3. The molecule has 0 aromatic heterocycles. The van der Waals surface area contributed by atoms with Gasteiger partial charge in [0, 0.05) is 19.3 Å². The van der Waals surface area contributed by atoms with Crippen LogP contribution in [0.4, 0.5) is 15.3 Å². The highest BCUT2D eigenvalue weighted by molar-refractivity contribution is 7.89. The van der Waals surface area contributed by atoms with Crippen molar-refractivity contribution in [2.75, 3.05) is 25.2 Å². The van der Waals surface area contributed by atoms with Gasteiger partial charge in [-0.15, -0.1) is 0 Å². The molecule has 0 radical (unpaired) electrons. The molecule has 4 amide bonds. The fourth-order valence-corrected chi connectivity index (χ4v) is 2.93. The molecule has 30 heavy (non-hydrogen) atoms. The fraction of sp³-hybridized carbons (Fsp3) is 0.500. The highest BCUT2D eigenvalue weighted by atomic mass is 32.2. The van der Waals surface area contributed by atoms with Gasteiger partial charge in [-0.3, -0.25) is 0 Å². The van der Waals surface area contributed by atoms with Crippen LogP contribution in [0.5, 0.6) is 5.75 Å². The Kier molecular flexibility index (Phi) is 7.80. The summed E-state index contributed by atoms with van der Waals surface area (Å²) in [5.41, 5.74) is 0.473. The van der Waals surface area contributed by atoms with Crippen LogP contribution in [0.1, 0.15) is 0 Å². The largest absolute Gasteiger partial charge is 0.462 e. The van der Waals surface area contributed by atoms with Gasteiger partial charge in [0.05, 0.1) is 6.26 Å². The van der Waals surface area contributed by atoms with E-state index in [2.05, 4.69) is 16.0 Å². The standard InChI is InChI=1S/C16H24N4O9S/c1-17-15(24)19-8-3-5-9(6-4-8)28-14-13(23)12(22)11(21)10(29-14)7-18-16(25)20-30(2,26)27/h3-6,10-14,21-23H,7H2,1-2H3,(H2,17,19,24)(H2,18,20,25)/t10-,11-,12+,13+,14+/m1/s1. The highest BCUT2D eigenvalue weighted by Gasteiger charge is 2.45. The zero-order valence-electron chi connectivity index (χ0n) is 16.1. The van der Waals surface area contributed by atoms with E-state index in [1.54, 1.807) is 4.72 Å². The number of hydrogen-bond acceptors (Lipinski definition) is 9. The lowest BCUT2D eigenvalue weighted by atomic mass is 9.99. The van der Waals surface area contributed by atoms with Crippen LogP contribution in [0.2, 0.25) is 0 Å². The maximum absolute atomic E-state index is 11.5. The summed E-state index contributed by atoms with van der Waals surface area (Å²) < 4.78 is 34.7. The molecule has 1 saturated heterocycles. The molecule has 0 saturated carbocycles. The van der Waals surface area contributed by atoms with Gasteiger partial charge in [-0.1, -0.05) is 0 Å². The minimum Gasteiger partial charge on any atom is -0.462 e. The van der Waals surface area contributed by atoms with Gasteiger partial charge >= 0.3 is 12.1 Å². The number of urea groups is 2. The second kappa shape index (κ2) is 9.90. The SMILES string of the molecule is CNC(=O)Nc1ccc(O[C@H]2O[C@H](CNC(=O)NS(C)(=O)=O)[C@@H](O)[C@H](O)[C@@H]2O)cc1. The molecule has 7 N–H and O–H groups in total. The molecule has 0 aliphatic carbocycles. The van der Waals surface area contributed by atoms with E-state index in [1.165, 1.54) is 31.3 Å². The maximum atomic E-state index is 11.5. The summed E-state index contributed by atoms with van der Waals surface area (Å²) in [6.07, 6.45) is -6.64. The molecule has 2 rings (SSSR count). The van der Waals surface area contributed by atoms with Gasteiger partial charge in [-0.05, 0) is 24.3 Å². The van der Waals surface area contributed by atoms with Gasteiger partial charge in [0.2, 0.25) is 16.3 Å². The Labute approximate surface area is 172 Å². The first-order valence-corrected chi connectivity index (χ1v) is 10.6. The Morgan fingerprint density at radius 2 is 1.70 bits per heavy atom. The molecule has 1 fully saturated rings. The first-order chi connectivity index (χ1) is 14.0. The monoisotopic (exact) mass is 448 g/mol. The third kappa shape index (κ3) is 6.70. The molecular weight excluding hydrogens is 424 g/mol. The van der Waals surface area contributed by atoms with E-state index < -0.39 is 52.8 Å². The molecule has 14 heteroatoms. The number of carbonyl (C=O) groups excluding carboxylic acids is 2. The molecule has 0 spiro atoms. The zero-order valence-corrected chi connectivity index (χ0v) is 16.9. The summed E-state index contributed by atoms with van der Waals surface area (Å²) in [5, 5.41) is 37.3. The number of ether oxygens (including phenoxy) is 2. The van der Waals surface area contributed by atoms with E-state index >= 15 is 0 Å². The summed E-state index contributed by atoms with van der Waals surface area (Å²) in [4.78, 5) is 22.8. The molecule has 168 valence electrons. The average molecular weight is 448 g/mol. The van der Waals surface area contributed by atoms with Crippen molar-refractivity contribution < 1.29 is 42.8 Å². The van der Waals surface area contributed by atoms with Crippen LogP contribution >= 0.6 is 0 Å². The maximum Gasteiger partial charge on any atom is 0.328 e. The molecule has 1 aromatic carbocycles. The van der Waals surface area contributed by atoms with Crippen molar-refractivity contribution in [3.63, 3.8) is 0 Å². The molecule has 1 heterocycles. The molecular formula is C16H24N4O9S. The lowest BCUT2D eigenvalue weighted by Gasteiger charge is -2.40. The smallest absolute Gasteiger partial charge is 0.328 e. The summed E-state index contributed by atoms with van der Waals surface area (Å²) in [7, 11) is -2.32. The van der Waals surface area contributed by atoms with Crippen LogP contribution in [0, 0.1) is 0 Å². The van der Waals surface area contributed by atoms with Gasteiger partial charge in [0.1, 0.15) is 30.2 Å². The topological polar surface area (TPSA) is 196 Å². The first-order valence-electron chi connectivity index (χ1n) is 8.71. The number of carbonyl (C=O) groups is 2. The number of nitrogens with one attached hydrogen (secondary N) is 4. The van der Waals surface area contributed by atoms with Crippen LogP contribution in [0.3, 0.4) is 0 Å². The fourth-order valence-electron chi connectivity index (χ4n) is 2.52. The van der Waals surface area contributed by atoms with Crippen molar-refractivity contribution >= 4 is 27.8 Å². The molecule has 13 nitrogen and oxygen atoms in total. The molecule has 1 aromatic rings. The number of hydrogen-bond donors (Lipinski definition) is 7. The van der Waals surface area contributed by atoms with Crippen LogP contribution in [-0.4, -0.2) is 86.4 Å². The third-order valence-electron chi connectivity index (χ3n) is 4.00. The summed E-state index contributed by atoms with van der Waals surface area (Å²) in [6, 6.07) is 4.55. The van der Waals surface area contributed by atoms with Gasteiger partial charge in [0.15, 0.2) is 0 Å². The van der Waals surface area contributed by atoms with Crippen molar-refractivity contribution in [1.82, 2.24) is 15.4 Å². The van der Waals surface area contributed by atoms with Crippen molar-refractivity contribution in [3.05, 3.63) is 24.3 Å². The Balaban J connectivity index is 2.00. The van der Waals surface area contributed by atoms with Crippen molar-refractivity contribution in [2.45, 2.75) is 30.7 Å². The number of amides is 4. The second-order valence-electron chi connectivity index (χ2n) is 6.45. The Hall–Kier alpha value is -2.65. The number of sulfonamides is 1. The molecule has 1 aliphatic heterocycles. The summed E-state index contributed by atoms with van der Waals surface area (Å²) >= 11 is 0. The van der Waals surface area contributed by atoms with Crippen molar-refractivity contribution in [3.8, 4) is 5.75 Å². The van der Waals surface area contributed by atoms with Crippen LogP contribution in [-0.2, 0) is 14.8 Å². The molecule has 0 bridgehead atoms. The van der Waals surface area contributed by atoms with E-state index in [0.29, 0.717) is 5.69 Å². The van der Waals surface area contributed by atoms with Crippen molar-refractivity contribution in [1.29, 1.82) is 0 Å². The predicted octanol–water partition coefficient (Wildman–Crippen LogP) is -2.12.